The molecule has 0 aliphatic heterocycles. The summed E-state index contributed by atoms with van der Waals surface area (Å²) in [6, 6.07) is 0. The quantitative estimate of drug-likeness (QED) is 0.564. The van der Waals surface area contributed by atoms with Crippen molar-refractivity contribution in [3.63, 3.8) is 0 Å². The van der Waals surface area contributed by atoms with E-state index in [1.165, 1.54) is 0 Å². The Hall–Kier alpha value is -0.393. The number of carbonyl (C=O) groups is 1. The lowest BCUT2D eigenvalue weighted by Crippen LogP contribution is -2.46. The third-order valence-electron chi connectivity index (χ3n) is 2.49. The fourth-order valence-corrected chi connectivity index (χ4v) is 2.83. The first-order chi connectivity index (χ1) is 7.65. The van der Waals surface area contributed by atoms with E-state index >= 15 is 0 Å². The van der Waals surface area contributed by atoms with E-state index < -0.39 is 13.7 Å². The third-order valence-corrected chi connectivity index (χ3v) is 3.49. The maximum absolute atomic E-state index is 11.9. The van der Waals surface area contributed by atoms with Crippen LogP contribution in [0.3, 0.4) is 0 Å². The summed E-state index contributed by atoms with van der Waals surface area (Å²) >= 11 is 0. The van der Waals surface area contributed by atoms with Crippen molar-refractivity contribution in [1.29, 1.82) is 0 Å². The molecule has 0 heterocycles. The predicted octanol–water partition coefficient (Wildman–Crippen LogP) is 2.18. The molecule has 0 rings (SSSR count). The summed E-state index contributed by atoms with van der Waals surface area (Å²) in [4.78, 5) is 11.9. The zero-order chi connectivity index (χ0) is 13.7. The van der Waals surface area contributed by atoms with Crippen LogP contribution >= 0.6 is 0 Å². The molecule has 0 aromatic carbocycles. The second-order valence-corrected chi connectivity index (χ2v) is 10.1. The van der Waals surface area contributed by atoms with Crippen molar-refractivity contribution in [2.24, 2.45) is 5.41 Å². The standard InChI is InChI=1S/C12H26O4Si/c1-7-15-11(14)12(2,3)10(8-9-13)16-17(4,5)6/h10,13H,7-9H2,1-6H3/t10-/m1/s1. The summed E-state index contributed by atoms with van der Waals surface area (Å²) in [6.07, 6.45) is 0.161. The van der Waals surface area contributed by atoms with Gasteiger partial charge in [-0.1, -0.05) is 0 Å². The molecule has 4 nitrogen and oxygen atoms in total. The molecular formula is C12H26O4Si. The van der Waals surface area contributed by atoms with Gasteiger partial charge in [0, 0.05) is 6.61 Å². The van der Waals surface area contributed by atoms with E-state index in [0.29, 0.717) is 13.0 Å². The molecule has 1 atom stereocenters. The van der Waals surface area contributed by atoms with Crippen LogP contribution in [0.2, 0.25) is 19.6 Å². The zero-order valence-corrected chi connectivity index (χ0v) is 12.9. The van der Waals surface area contributed by atoms with E-state index in [2.05, 4.69) is 19.6 Å². The Kier molecular flexibility index (Phi) is 6.36. The minimum Gasteiger partial charge on any atom is -0.466 e. The van der Waals surface area contributed by atoms with Crippen molar-refractivity contribution < 1.29 is 19.1 Å². The molecule has 0 bridgehead atoms. The molecule has 0 aliphatic carbocycles. The van der Waals surface area contributed by atoms with Crippen LogP contribution in [0.15, 0.2) is 0 Å². The van der Waals surface area contributed by atoms with Gasteiger partial charge < -0.3 is 14.3 Å². The van der Waals surface area contributed by atoms with Crippen molar-refractivity contribution in [3.05, 3.63) is 0 Å². The van der Waals surface area contributed by atoms with Gasteiger partial charge in [0.15, 0.2) is 8.32 Å². The first-order valence-corrected chi connectivity index (χ1v) is 9.52. The van der Waals surface area contributed by atoms with Gasteiger partial charge in [0.1, 0.15) is 0 Å². The molecule has 0 unspecified atom stereocenters. The maximum atomic E-state index is 11.9. The van der Waals surface area contributed by atoms with Crippen LogP contribution in [0.4, 0.5) is 0 Å². The van der Waals surface area contributed by atoms with Gasteiger partial charge in [-0.05, 0) is 46.8 Å². The molecule has 0 aliphatic rings. The number of carbonyl (C=O) groups excluding carboxylic acids is 1. The average molecular weight is 262 g/mol. The topological polar surface area (TPSA) is 55.8 Å². The summed E-state index contributed by atoms with van der Waals surface area (Å²) in [6.45, 7) is 12.0. The monoisotopic (exact) mass is 262 g/mol. The smallest absolute Gasteiger partial charge is 0.314 e. The average Bonchev–Trinajstić information content (AvgIpc) is 2.15. The predicted molar refractivity (Wildman–Crippen MR) is 70.3 cm³/mol. The summed E-state index contributed by atoms with van der Waals surface area (Å²) in [5.41, 5.74) is -0.723. The molecule has 0 amide bonds. The molecule has 0 aromatic rings. The van der Waals surface area contributed by atoms with Gasteiger partial charge in [0.25, 0.3) is 0 Å². The lowest BCUT2D eigenvalue weighted by Gasteiger charge is -2.36. The minimum atomic E-state index is -1.76. The van der Waals surface area contributed by atoms with E-state index in [0.717, 1.165) is 0 Å². The Bertz CT molecular complexity index is 245. The van der Waals surface area contributed by atoms with Crippen LogP contribution in [-0.4, -0.2) is 38.7 Å². The van der Waals surface area contributed by atoms with Gasteiger partial charge in [0.2, 0.25) is 0 Å². The van der Waals surface area contributed by atoms with Crippen molar-refractivity contribution in [2.45, 2.75) is 52.9 Å². The lowest BCUT2D eigenvalue weighted by atomic mass is 9.85. The Morgan fingerprint density at radius 1 is 1.35 bits per heavy atom. The van der Waals surface area contributed by atoms with Gasteiger partial charge >= 0.3 is 5.97 Å². The highest BCUT2D eigenvalue weighted by Gasteiger charge is 2.40. The number of hydrogen-bond acceptors (Lipinski definition) is 4. The van der Waals surface area contributed by atoms with Gasteiger partial charge in [-0.25, -0.2) is 0 Å². The molecule has 0 saturated heterocycles. The van der Waals surface area contributed by atoms with Crippen LogP contribution < -0.4 is 0 Å². The molecule has 0 radical (unpaired) electrons. The number of esters is 1. The Morgan fingerprint density at radius 3 is 2.24 bits per heavy atom. The largest absolute Gasteiger partial charge is 0.466 e. The highest BCUT2D eigenvalue weighted by atomic mass is 28.4. The molecule has 102 valence electrons. The molecule has 0 saturated carbocycles. The number of aliphatic hydroxyl groups excluding tert-OH is 1. The minimum absolute atomic E-state index is 0.0119. The summed E-state index contributed by atoms with van der Waals surface area (Å²) in [5.74, 6) is -0.267. The maximum Gasteiger partial charge on any atom is 0.314 e. The summed E-state index contributed by atoms with van der Waals surface area (Å²) in [5, 5.41) is 9.09. The second-order valence-electron chi connectivity index (χ2n) is 5.67. The van der Waals surface area contributed by atoms with Gasteiger partial charge in [-0.15, -0.1) is 0 Å². The van der Waals surface area contributed by atoms with Crippen LogP contribution in [0.1, 0.15) is 27.2 Å². The Morgan fingerprint density at radius 2 is 1.88 bits per heavy atom. The van der Waals surface area contributed by atoms with E-state index in [9.17, 15) is 4.79 Å². The first-order valence-electron chi connectivity index (χ1n) is 6.11. The Balaban J connectivity index is 4.83. The van der Waals surface area contributed by atoms with Gasteiger partial charge in [-0.2, -0.15) is 0 Å². The highest BCUT2D eigenvalue weighted by Crippen LogP contribution is 2.30. The highest BCUT2D eigenvalue weighted by molar-refractivity contribution is 6.69. The molecule has 5 heteroatoms. The van der Waals surface area contributed by atoms with E-state index in [4.69, 9.17) is 14.3 Å². The number of aliphatic hydroxyl groups is 1. The van der Waals surface area contributed by atoms with E-state index in [1.807, 2.05) is 13.8 Å². The van der Waals surface area contributed by atoms with Crippen molar-refractivity contribution in [2.75, 3.05) is 13.2 Å². The van der Waals surface area contributed by atoms with Crippen LogP contribution in [0, 0.1) is 5.41 Å². The molecular weight excluding hydrogens is 236 g/mol. The van der Waals surface area contributed by atoms with E-state index in [1.54, 1.807) is 6.92 Å². The van der Waals surface area contributed by atoms with Crippen LogP contribution in [0.25, 0.3) is 0 Å². The van der Waals surface area contributed by atoms with Crippen molar-refractivity contribution in [3.8, 4) is 0 Å². The molecule has 0 spiro atoms. The molecule has 0 fully saturated rings. The first kappa shape index (κ1) is 16.6. The van der Waals surface area contributed by atoms with Crippen LogP contribution in [-0.2, 0) is 14.0 Å². The zero-order valence-electron chi connectivity index (χ0n) is 11.9. The molecule has 17 heavy (non-hydrogen) atoms. The summed E-state index contributed by atoms with van der Waals surface area (Å²) < 4.78 is 11.1. The normalized spacial score (nSPS) is 14.5. The van der Waals surface area contributed by atoms with E-state index in [-0.39, 0.29) is 18.7 Å². The van der Waals surface area contributed by atoms with Gasteiger partial charge in [-0.3, -0.25) is 4.79 Å². The van der Waals surface area contributed by atoms with Crippen molar-refractivity contribution >= 4 is 14.3 Å². The lowest BCUT2D eigenvalue weighted by molar-refractivity contribution is -0.159. The van der Waals surface area contributed by atoms with Gasteiger partial charge in [0.05, 0.1) is 18.1 Å². The SMILES string of the molecule is CCOC(=O)C(C)(C)[C@@H](CCO)O[Si](C)(C)C. The second kappa shape index (κ2) is 6.52. The molecule has 1 N–H and O–H groups in total. The Labute approximate surface area is 105 Å². The fraction of sp³-hybridized carbons (Fsp3) is 0.917. The summed E-state index contributed by atoms with van der Waals surface area (Å²) in [7, 11) is -1.76. The number of ether oxygens (including phenoxy) is 1. The fourth-order valence-electron chi connectivity index (χ4n) is 1.56. The number of hydrogen-bond donors (Lipinski definition) is 1. The third kappa shape index (κ3) is 5.65. The molecule has 0 aromatic heterocycles. The number of rotatable bonds is 7. The van der Waals surface area contributed by atoms with Crippen molar-refractivity contribution in [1.82, 2.24) is 0 Å². The van der Waals surface area contributed by atoms with Crippen LogP contribution in [0.5, 0.6) is 0 Å².